The Morgan fingerprint density at radius 3 is 2.81 bits per heavy atom. The van der Waals surface area contributed by atoms with Crippen molar-refractivity contribution in [2.24, 2.45) is 0 Å². The average molecular weight is 280 g/mol. The molecule has 0 aliphatic heterocycles. The second-order valence-electron chi connectivity index (χ2n) is 3.47. The van der Waals surface area contributed by atoms with Crippen LogP contribution in [-0.4, -0.2) is 5.78 Å². The average Bonchev–Trinajstić information content (AvgIpc) is 2.75. The third-order valence-electron chi connectivity index (χ3n) is 2.40. The van der Waals surface area contributed by atoms with Crippen molar-refractivity contribution in [3.8, 4) is 0 Å². The Hall–Kier alpha value is -1.55. The molecule has 0 aliphatic carbocycles. The minimum atomic E-state index is -0.157. The number of carbonyl (C=O) groups is 1. The van der Waals surface area contributed by atoms with E-state index in [9.17, 15) is 4.79 Å². The smallest absolute Gasteiger partial charge is 0.228 e. The monoisotopic (exact) mass is 279 g/mol. The zero-order valence-corrected chi connectivity index (χ0v) is 10.2. The molecular formula is C12H10BrNO2. The van der Waals surface area contributed by atoms with E-state index in [1.54, 1.807) is 24.3 Å². The topological polar surface area (TPSA) is 56.2 Å². The Morgan fingerprint density at radius 1 is 1.44 bits per heavy atom. The number of nitrogens with two attached hydrogens (primary N) is 1. The minimum absolute atomic E-state index is 0.157. The van der Waals surface area contributed by atoms with Crippen LogP contribution in [0.3, 0.4) is 0 Å². The predicted octanol–water partition coefficient (Wildman–Crippen LogP) is 3.16. The Balaban J connectivity index is 2.52. The van der Waals surface area contributed by atoms with Gasteiger partial charge in [0.1, 0.15) is 0 Å². The lowest BCUT2D eigenvalue weighted by atomic mass is 10.0. The highest BCUT2D eigenvalue weighted by molar-refractivity contribution is 9.10. The number of rotatable bonds is 2. The largest absolute Gasteiger partial charge is 0.461 e. The zero-order chi connectivity index (χ0) is 11.7. The highest BCUT2D eigenvalue weighted by atomic mass is 79.9. The van der Waals surface area contributed by atoms with Gasteiger partial charge in [0.15, 0.2) is 5.76 Å². The lowest BCUT2D eigenvalue weighted by Gasteiger charge is -2.07. The number of hydrogen-bond acceptors (Lipinski definition) is 3. The first-order valence-electron chi connectivity index (χ1n) is 4.73. The van der Waals surface area contributed by atoms with Gasteiger partial charge in [0.25, 0.3) is 0 Å². The molecule has 3 nitrogen and oxygen atoms in total. The van der Waals surface area contributed by atoms with Crippen molar-refractivity contribution in [1.82, 2.24) is 0 Å². The molecule has 0 radical (unpaired) electrons. The fourth-order valence-electron chi connectivity index (χ4n) is 1.48. The summed E-state index contributed by atoms with van der Waals surface area (Å²) in [6, 6.07) is 6.84. The van der Waals surface area contributed by atoms with Gasteiger partial charge in [-0.3, -0.25) is 4.79 Å². The number of furan rings is 1. The summed E-state index contributed by atoms with van der Waals surface area (Å²) in [7, 11) is 0. The first-order valence-corrected chi connectivity index (χ1v) is 5.52. The van der Waals surface area contributed by atoms with Crippen LogP contribution in [0.4, 0.5) is 5.69 Å². The molecule has 0 bridgehead atoms. The van der Waals surface area contributed by atoms with Crippen molar-refractivity contribution in [3.05, 3.63) is 51.9 Å². The highest BCUT2D eigenvalue weighted by Crippen LogP contribution is 2.24. The van der Waals surface area contributed by atoms with Crippen molar-refractivity contribution in [2.45, 2.75) is 6.92 Å². The van der Waals surface area contributed by atoms with Crippen LogP contribution >= 0.6 is 15.9 Å². The Morgan fingerprint density at radius 2 is 2.19 bits per heavy atom. The zero-order valence-electron chi connectivity index (χ0n) is 8.66. The molecule has 0 unspecified atom stereocenters. The van der Waals surface area contributed by atoms with Crippen molar-refractivity contribution >= 4 is 27.4 Å². The van der Waals surface area contributed by atoms with Gasteiger partial charge in [0, 0.05) is 15.7 Å². The maximum absolute atomic E-state index is 12.1. The molecule has 0 saturated heterocycles. The maximum Gasteiger partial charge on any atom is 0.228 e. The van der Waals surface area contributed by atoms with E-state index in [-0.39, 0.29) is 5.78 Å². The van der Waals surface area contributed by atoms with Gasteiger partial charge in [-0.25, -0.2) is 0 Å². The molecule has 0 saturated carbocycles. The van der Waals surface area contributed by atoms with Gasteiger partial charge in [0.2, 0.25) is 5.78 Å². The molecule has 2 aromatic rings. The Labute approximate surface area is 101 Å². The number of halogens is 1. The molecule has 4 heteroatoms. The van der Waals surface area contributed by atoms with Crippen LogP contribution < -0.4 is 5.73 Å². The molecule has 1 aromatic heterocycles. The van der Waals surface area contributed by atoms with Crippen LogP contribution in [0.1, 0.15) is 21.7 Å². The third-order valence-corrected chi connectivity index (χ3v) is 2.86. The first kappa shape index (κ1) is 11.0. The number of ketones is 1. The normalized spacial score (nSPS) is 10.4. The summed E-state index contributed by atoms with van der Waals surface area (Å²) in [5.41, 5.74) is 7.71. The highest BCUT2D eigenvalue weighted by Gasteiger charge is 2.16. The summed E-state index contributed by atoms with van der Waals surface area (Å²) in [6.07, 6.45) is 1.48. The van der Waals surface area contributed by atoms with Crippen molar-refractivity contribution in [1.29, 1.82) is 0 Å². The van der Waals surface area contributed by atoms with Crippen molar-refractivity contribution in [3.63, 3.8) is 0 Å². The van der Waals surface area contributed by atoms with Crippen LogP contribution in [0.15, 0.2) is 39.4 Å². The van der Waals surface area contributed by atoms with Crippen LogP contribution in [-0.2, 0) is 0 Å². The second-order valence-corrected chi connectivity index (χ2v) is 4.39. The van der Waals surface area contributed by atoms with Gasteiger partial charge < -0.3 is 10.2 Å². The van der Waals surface area contributed by atoms with E-state index >= 15 is 0 Å². The SMILES string of the molecule is Cc1c(N)cc(Br)cc1C(=O)c1ccco1. The molecule has 0 atom stereocenters. The van der Waals surface area contributed by atoms with Crippen LogP contribution in [0.2, 0.25) is 0 Å². The molecule has 16 heavy (non-hydrogen) atoms. The summed E-state index contributed by atoms with van der Waals surface area (Å²) >= 11 is 3.32. The van der Waals surface area contributed by atoms with Crippen LogP contribution in [0, 0.1) is 6.92 Å². The number of benzene rings is 1. The number of carbonyl (C=O) groups excluding carboxylic acids is 1. The Bertz CT molecular complexity index is 532. The van der Waals surface area contributed by atoms with Gasteiger partial charge >= 0.3 is 0 Å². The molecular weight excluding hydrogens is 270 g/mol. The summed E-state index contributed by atoms with van der Waals surface area (Å²) in [6.45, 7) is 1.82. The van der Waals surface area contributed by atoms with E-state index in [0.29, 0.717) is 17.0 Å². The van der Waals surface area contributed by atoms with Gasteiger partial charge in [-0.1, -0.05) is 15.9 Å². The van der Waals surface area contributed by atoms with Gasteiger partial charge in [0.05, 0.1) is 6.26 Å². The molecule has 2 rings (SSSR count). The molecule has 0 spiro atoms. The molecule has 1 aromatic carbocycles. The van der Waals surface area contributed by atoms with Crippen molar-refractivity contribution in [2.75, 3.05) is 5.73 Å². The van der Waals surface area contributed by atoms with E-state index in [0.717, 1.165) is 10.0 Å². The van der Waals surface area contributed by atoms with Gasteiger partial charge in [-0.2, -0.15) is 0 Å². The molecule has 0 aliphatic rings. The van der Waals surface area contributed by atoms with Crippen LogP contribution in [0.25, 0.3) is 0 Å². The van der Waals surface area contributed by atoms with E-state index < -0.39 is 0 Å². The first-order chi connectivity index (χ1) is 7.59. The quantitative estimate of drug-likeness (QED) is 0.679. The molecule has 0 fully saturated rings. The summed E-state index contributed by atoms with van der Waals surface area (Å²) < 4.78 is 5.86. The van der Waals surface area contributed by atoms with Crippen molar-refractivity contribution < 1.29 is 9.21 Å². The van der Waals surface area contributed by atoms with Gasteiger partial charge in [-0.05, 0) is 36.8 Å². The van der Waals surface area contributed by atoms with E-state index in [1.807, 2.05) is 6.92 Å². The fourth-order valence-corrected chi connectivity index (χ4v) is 1.95. The lowest BCUT2D eigenvalue weighted by Crippen LogP contribution is -2.05. The van der Waals surface area contributed by atoms with Gasteiger partial charge in [-0.15, -0.1) is 0 Å². The predicted molar refractivity (Wildman–Crippen MR) is 65.4 cm³/mol. The van der Waals surface area contributed by atoms with E-state index in [2.05, 4.69) is 15.9 Å². The summed E-state index contributed by atoms with van der Waals surface area (Å²) in [4.78, 5) is 12.1. The third kappa shape index (κ3) is 1.88. The molecule has 1 heterocycles. The minimum Gasteiger partial charge on any atom is -0.461 e. The number of hydrogen-bond donors (Lipinski definition) is 1. The summed E-state index contributed by atoms with van der Waals surface area (Å²) in [5, 5.41) is 0. The maximum atomic E-state index is 12.1. The second kappa shape index (κ2) is 4.14. The Kier molecular flexibility index (Phi) is 2.83. The number of anilines is 1. The van der Waals surface area contributed by atoms with Crippen LogP contribution in [0.5, 0.6) is 0 Å². The standard InChI is InChI=1S/C12H10BrNO2/c1-7-9(5-8(13)6-10(7)14)12(15)11-3-2-4-16-11/h2-6H,14H2,1H3. The molecule has 0 amide bonds. The van der Waals surface area contributed by atoms with E-state index in [4.69, 9.17) is 10.2 Å². The number of nitrogen functional groups attached to an aromatic ring is 1. The fraction of sp³-hybridized carbons (Fsp3) is 0.0833. The molecule has 2 N–H and O–H groups in total. The van der Waals surface area contributed by atoms with E-state index in [1.165, 1.54) is 6.26 Å². The molecule has 82 valence electrons. The summed E-state index contributed by atoms with van der Waals surface area (Å²) in [5.74, 6) is 0.163. The lowest BCUT2D eigenvalue weighted by molar-refractivity contribution is 0.101.